The minimum atomic E-state index is -0.336. The lowest BCUT2D eigenvalue weighted by Crippen LogP contribution is -2.46. The van der Waals surface area contributed by atoms with Crippen molar-refractivity contribution >= 4 is 5.97 Å². The van der Waals surface area contributed by atoms with Crippen LogP contribution in [0.3, 0.4) is 0 Å². The van der Waals surface area contributed by atoms with Gasteiger partial charge in [0.2, 0.25) is 0 Å². The second-order valence-electron chi connectivity index (χ2n) is 8.36. The number of carbonyl (C=O) groups excluding carboxylic acids is 1. The van der Waals surface area contributed by atoms with E-state index in [0.29, 0.717) is 5.92 Å². The molecule has 20 heavy (non-hydrogen) atoms. The number of hydrogen-bond donors (Lipinski definition) is 0. The zero-order chi connectivity index (χ0) is 14.5. The molecule has 3 rings (SSSR count). The molecule has 3 aliphatic carbocycles. The van der Waals surface area contributed by atoms with Gasteiger partial charge in [0, 0.05) is 5.92 Å². The van der Waals surface area contributed by atoms with Crippen molar-refractivity contribution in [3.63, 3.8) is 0 Å². The second-order valence-corrected chi connectivity index (χ2v) is 8.36. The number of ether oxygens (including phenoxy) is 1. The van der Waals surface area contributed by atoms with Crippen LogP contribution >= 0.6 is 0 Å². The van der Waals surface area contributed by atoms with E-state index in [-0.39, 0.29) is 17.0 Å². The Bertz CT molecular complexity index is 400. The summed E-state index contributed by atoms with van der Waals surface area (Å²) in [4.78, 5) is 12.5. The zero-order valence-corrected chi connectivity index (χ0v) is 13.6. The molecule has 5 unspecified atom stereocenters. The molecule has 0 aromatic heterocycles. The predicted octanol–water partition coefficient (Wildman–Crippen LogP) is 4.57. The first kappa shape index (κ1) is 14.4. The maximum Gasteiger partial charge on any atom is 0.312 e. The van der Waals surface area contributed by atoms with E-state index < -0.39 is 0 Å². The molecule has 0 radical (unpaired) electrons. The standard InChI is InChI=1S/C18H30O2/c1-5-17(2,3)16(19)20-18(4)11-12-10-15(18)14-9-7-6-8-13(12)14/h12-15H,5-11H2,1-4H3. The molecule has 2 nitrogen and oxygen atoms in total. The lowest BCUT2D eigenvalue weighted by atomic mass is 9.66. The summed E-state index contributed by atoms with van der Waals surface area (Å²) in [6.45, 7) is 8.30. The molecule has 5 atom stereocenters. The van der Waals surface area contributed by atoms with E-state index in [1.54, 1.807) is 0 Å². The summed E-state index contributed by atoms with van der Waals surface area (Å²) < 4.78 is 6.10. The smallest absolute Gasteiger partial charge is 0.312 e. The highest BCUT2D eigenvalue weighted by Gasteiger charge is 2.60. The van der Waals surface area contributed by atoms with Gasteiger partial charge in [0.05, 0.1) is 5.41 Å². The second kappa shape index (κ2) is 4.74. The van der Waals surface area contributed by atoms with Crippen molar-refractivity contribution in [2.75, 3.05) is 0 Å². The van der Waals surface area contributed by atoms with Crippen LogP contribution in [0.25, 0.3) is 0 Å². The van der Waals surface area contributed by atoms with Gasteiger partial charge in [0.15, 0.2) is 0 Å². The Hall–Kier alpha value is -0.530. The highest BCUT2D eigenvalue weighted by atomic mass is 16.6. The number of carbonyl (C=O) groups is 1. The van der Waals surface area contributed by atoms with E-state index in [2.05, 4.69) is 13.8 Å². The molecule has 0 amide bonds. The molecule has 3 saturated carbocycles. The van der Waals surface area contributed by atoms with Gasteiger partial charge in [-0.25, -0.2) is 0 Å². The summed E-state index contributed by atoms with van der Waals surface area (Å²) >= 11 is 0. The van der Waals surface area contributed by atoms with Gasteiger partial charge in [-0.15, -0.1) is 0 Å². The molecule has 0 aromatic carbocycles. The number of esters is 1. The van der Waals surface area contributed by atoms with Crippen molar-refractivity contribution in [1.82, 2.24) is 0 Å². The van der Waals surface area contributed by atoms with Crippen molar-refractivity contribution < 1.29 is 9.53 Å². The van der Waals surface area contributed by atoms with Crippen molar-refractivity contribution in [2.45, 2.75) is 78.2 Å². The van der Waals surface area contributed by atoms with Crippen LogP contribution < -0.4 is 0 Å². The van der Waals surface area contributed by atoms with Gasteiger partial charge in [-0.3, -0.25) is 4.79 Å². The maximum atomic E-state index is 12.5. The number of fused-ring (bicyclic) bond motifs is 5. The zero-order valence-electron chi connectivity index (χ0n) is 13.6. The summed E-state index contributed by atoms with van der Waals surface area (Å²) in [6, 6.07) is 0. The Kier molecular flexibility index (Phi) is 3.42. The summed E-state index contributed by atoms with van der Waals surface area (Å²) in [7, 11) is 0. The highest BCUT2D eigenvalue weighted by Crippen LogP contribution is 2.62. The van der Waals surface area contributed by atoms with Crippen LogP contribution in [0.15, 0.2) is 0 Å². The minimum absolute atomic E-state index is 0.0161. The predicted molar refractivity (Wildman–Crippen MR) is 80.2 cm³/mol. The van der Waals surface area contributed by atoms with Gasteiger partial charge >= 0.3 is 5.97 Å². The summed E-state index contributed by atoms with van der Waals surface area (Å²) in [5, 5.41) is 0. The Labute approximate surface area is 123 Å². The van der Waals surface area contributed by atoms with E-state index in [1.807, 2.05) is 13.8 Å². The van der Waals surface area contributed by atoms with Crippen LogP contribution in [-0.4, -0.2) is 11.6 Å². The Balaban J connectivity index is 1.73. The average Bonchev–Trinajstić information content (AvgIpc) is 2.94. The minimum Gasteiger partial charge on any atom is -0.459 e. The fourth-order valence-electron chi connectivity index (χ4n) is 5.17. The monoisotopic (exact) mass is 278 g/mol. The third kappa shape index (κ3) is 2.10. The van der Waals surface area contributed by atoms with E-state index in [4.69, 9.17) is 4.74 Å². The van der Waals surface area contributed by atoms with Crippen molar-refractivity contribution in [2.24, 2.45) is 29.1 Å². The maximum absolute atomic E-state index is 12.5. The molecular weight excluding hydrogens is 248 g/mol. The molecule has 3 fully saturated rings. The molecule has 0 spiro atoms. The third-order valence-corrected chi connectivity index (χ3v) is 6.77. The highest BCUT2D eigenvalue weighted by molar-refractivity contribution is 5.76. The van der Waals surface area contributed by atoms with Crippen molar-refractivity contribution in [1.29, 1.82) is 0 Å². The van der Waals surface area contributed by atoms with Gasteiger partial charge < -0.3 is 4.74 Å². The lowest BCUT2D eigenvalue weighted by molar-refractivity contribution is -0.179. The quantitative estimate of drug-likeness (QED) is 0.707. The van der Waals surface area contributed by atoms with Crippen molar-refractivity contribution in [3.8, 4) is 0 Å². The fourth-order valence-corrected chi connectivity index (χ4v) is 5.17. The van der Waals surface area contributed by atoms with Crippen LogP contribution in [-0.2, 0) is 9.53 Å². The molecule has 0 aromatic rings. The number of hydrogen-bond acceptors (Lipinski definition) is 2. The third-order valence-electron chi connectivity index (χ3n) is 6.77. The SMILES string of the molecule is CCC(C)(C)C(=O)OC1(C)CC2CC1C1CCCCC21. The fraction of sp³-hybridized carbons (Fsp3) is 0.944. The van der Waals surface area contributed by atoms with Gasteiger partial charge in [-0.2, -0.15) is 0 Å². The first-order valence-electron chi connectivity index (χ1n) is 8.61. The van der Waals surface area contributed by atoms with Crippen LogP contribution in [0.2, 0.25) is 0 Å². The van der Waals surface area contributed by atoms with Gasteiger partial charge in [-0.05, 0) is 70.6 Å². The van der Waals surface area contributed by atoms with E-state index in [1.165, 1.54) is 32.1 Å². The molecule has 0 aliphatic heterocycles. The topological polar surface area (TPSA) is 26.3 Å². The van der Waals surface area contributed by atoms with E-state index >= 15 is 0 Å². The van der Waals surface area contributed by atoms with Gasteiger partial charge in [0.25, 0.3) is 0 Å². The molecule has 0 heterocycles. The first-order chi connectivity index (χ1) is 9.37. The molecule has 114 valence electrons. The summed E-state index contributed by atoms with van der Waals surface area (Å²) in [5.41, 5.74) is -0.510. The van der Waals surface area contributed by atoms with Crippen LogP contribution in [0.4, 0.5) is 0 Å². The molecule has 2 bridgehead atoms. The first-order valence-corrected chi connectivity index (χ1v) is 8.61. The van der Waals surface area contributed by atoms with Gasteiger partial charge in [-0.1, -0.05) is 19.8 Å². The molecule has 0 saturated heterocycles. The Morgan fingerprint density at radius 2 is 1.90 bits per heavy atom. The van der Waals surface area contributed by atoms with Crippen molar-refractivity contribution in [3.05, 3.63) is 0 Å². The van der Waals surface area contributed by atoms with Crippen LogP contribution in [0, 0.1) is 29.1 Å². The lowest BCUT2D eigenvalue weighted by Gasteiger charge is -2.45. The molecule has 3 aliphatic rings. The summed E-state index contributed by atoms with van der Waals surface area (Å²) in [6.07, 6.45) is 8.88. The normalized spacial score (nSPS) is 43.4. The molecule has 0 N–H and O–H groups in total. The number of rotatable bonds is 3. The summed E-state index contributed by atoms with van der Waals surface area (Å²) in [5.74, 6) is 3.26. The van der Waals surface area contributed by atoms with Crippen LogP contribution in [0.5, 0.6) is 0 Å². The van der Waals surface area contributed by atoms with E-state index in [9.17, 15) is 4.79 Å². The largest absolute Gasteiger partial charge is 0.459 e. The van der Waals surface area contributed by atoms with Crippen LogP contribution in [0.1, 0.15) is 72.6 Å². The van der Waals surface area contributed by atoms with E-state index in [0.717, 1.165) is 30.6 Å². The Morgan fingerprint density at radius 1 is 1.25 bits per heavy atom. The molecule has 2 heteroatoms. The molecular formula is C18H30O2. The average molecular weight is 278 g/mol. The Morgan fingerprint density at radius 3 is 2.55 bits per heavy atom. The van der Waals surface area contributed by atoms with Gasteiger partial charge in [0.1, 0.15) is 5.60 Å².